The monoisotopic (exact) mass is 315 g/mol. The van der Waals surface area contributed by atoms with Crippen LogP contribution in [0.5, 0.6) is 11.5 Å². The van der Waals surface area contributed by atoms with Crippen LogP contribution in [0.15, 0.2) is 48.5 Å². The van der Waals surface area contributed by atoms with Gasteiger partial charge in [-0.2, -0.15) is 0 Å². The molecule has 0 fully saturated rings. The van der Waals surface area contributed by atoms with Crippen molar-refractivity contribution in [2.24, 2.45) is 0 Å². The van der Waals surface area contributed by atoms with E-state index < -0.39 is 5.97 Å². The molecule has 0 radical (unpaired) electrons. The van der Waals surface area contributed by atoms with Crippen molar-refractivity contribution in [3.63, 3.8) is 0 Å². The Bertz CT molecular complexity index is 682. The summed E-state index contributed by atoms with van der Waals surface area (Å²) in [4.78, 5) is 22.5. The Morgan fingerprint density at radius 2 is 1.78 bits per heavy atom. The molecule has 0 aliphatic carbocycles. The number of methoxy groups -OCH3 is 1. The third-order valence-corrected chi connectivity index (χ3v) is 3.10. The van der Waals surface area contributed by atoms with E-state index in [1.54, 1.807) is 43.5 Å². The molecule has 2 N–H and O–H groups in total. The highest BCUT2D eigenvalue weighted by Gasteiger charge is 2.05. The number of hydrogen-bond donors (Lipinski definition) is 2. The fourth-order valence-electron chi connectivity index (χ4n) is 1.86. The van der Waals surface area contributed by atoms with Gasteiger partial charge in [-0.3, -0.25) is 4.79 Å². The SMILES string of the molecule is COc1cccc(OCC(=O)NCc2ccc(C(=O)O)cc2)c1. The zero-order valence-electron chi connectivity index (χ0n) is 12.6. The van der Waals surface area contributed by atoms with Gasteiger partial charge in [-0.25, -0.2) is 4.79 Å². The number of carbonyl (C=O) groups excluding carboxylic acids is 1. The molecule has 6 nitrogen and oxygen atoms in total. The zero-order valence-corrected chi connectivity index (χ0v) is 12.6. The van der Waals surface area contributed by atoms with Gasteiger partial charge in [-0.15, -0.1) is 0 Å². The van der Waals surface area contributed by atoms with Crippen molar-refractivity contribution < 1.29 is 24.2 Å². The number of amides is 1. The average Bonchev–Trinajstić information content (AvgIpc) is 2.58. The summed E-state index contributed by atoms with van der Waals surface area (Å²) in [6.07, 6.45) is 0. The molecule has 0 aromatic heterocycles. The predicted octanol–water partition coefficient (Wildman–Crippen LogP) is 2.09. The minimum atomic E-state index is -0.979. The lowest BCUT2D eigenvalue weighted by atomic mass is 10.1. The van der Waals surface area contributed by atoms with Crippen LogP contribution in [0, 0.1) is 0 Å². The number of benzene rings is 2. The van der Waals surface area contributed by atoms with Crippen LogP contribution in [0.25, 0.3) is 0 Å². The van der Waals surface area contributed by atoms with Gasteiger partial charge in [-0.05, 0) is 29.8 Å². The second kappa shape index (κ2) is 7.84. The molecule has 0 spiro atoms. The summed E-state index contributed by atoms with van der Waals surface area (Å²) in [7, 11) is 1.56. The van der Waals surface area contributed by atoms with Gasteiger partial charge in [0.25, 0.3) is 5.91 Å². The summed E-state index contributed by atoms with van der Waals surface area (Å²) in [6, 6.07) is 13.3. The van der Waals surface area contributed by atoms with Crippen LogP contribution in [-0.2, 0) is 11.3 Å². The maximum absolute atomic E-state index is 11.8. The molecule has 0 aliphatic rings. The highest BCUT2D eigenvalue weighted by atomic mass is 16.5. The van der Waals surface area contributed by atoms with E-state index in [0.29, 0.717) is 18.0 Å². The van der Waals surface area contributed by atoms with Crippen LogP contribution >= 0.6 is 0 Å². The quantitative estimate of drug-likeness (QED) is 0.817. The molecule has 0 aliphatic heterocycles. The molecule has 0 saturated heterocycles. The van der Waals surface area contributed by atoms with Gasteiger partial charge in [0.2, 0.25) is 0 Å². The summed E-state index contributed by atoms with van der Waals surface area (Å²) in [5.74, 6) is -0.0471. The van der Waals surface area contributed by atoms with Crippen molar-refractivity contribution in [3.05, 3.63) is 59.7 Å². The molecule has 0 unspecified atom stereocenters. The first-order chi connectivity index (χ1) is 11.1. The van der Waals surface area contributed by atoms with Crippen molar-refractivity contribution in [2.75, 3.05) is 13.7 Å². The number of hydrogen-bond acceptors (Lipinski definition) is 4. The van der Waals surface area contributed by atoms with Gasteiger partial charge in [0.15, 0.2) is 6.61 Å². The lowest BCUT2D eigenvalue weighted by molar-refractivity contribution is -0.123. The van der Waals surface area contributed by atoms with Gasteiger partial charge >= 0.3 is 5.97 Å². The molecular formula is C17H17NO5. The Balaban J connectivity index is 1.79. The second-order valence-corrected chi connectivity index (χ2v) is 4.75. The molecule has 2 rings (SSSR count). The van der Waals surface area contributed by atoms with Crippen LogP contribution in [0.1, 0.15) is 15.9 Å². The summed E-state index contributed by atoms with van der Waals surface area (Å²) in [5, 5.41) is 11.5. The van der Waals surface area contributed by atoms with Gasteiger partial charge in [0, 0.05) is 12.6 Å². The first kappa shape index (κ1) is 16.4. The van der Waals surface area contributed by atoms with Crippen molar-refractivity contribution in [1.29, 1.82) is 0 Å². The van der Waals surface area contributed by atoms with Crippen LogP contribution in [0.3, 0.4) is 0 Å². The van der Waals surface area contributed by atoms with Gasteiger partial charge < -0.3 is 19.9 Å². The number of rotatable bonds is 7. The molecule has 2 aromatic rings. The van der Waals surface area contributed by atoms with E-state index in [2.05, 4.69) is 5.32 Å². The first-order valence-corrected chi connectivity index (χ1v) is 6.94. The third-order valence-electron chi connectivity index (χ3n) is 3.10. The number of nitrogens with one attached hydrogen (secondary N) is 1. The standard InChI is InChI=1S/C17H17NO5/c1-22-14-3-2-4-15(9-14)23-11-16(19)18-10-12-5-7-13(8-6-12)17(20)21/h2-9H,10-11H2,1H3,(H,18,19)(H,20,21). The van der Waals surface area contributed by atoms with Crippen molar-refractivity contribution >= 4 is 11.9 Å². The summed E-state index contributed by atoms with van der Waals surface area (Å²) >= 11 is 0. The second-order valence-electron chi connectivity index (χ2n) is 4.75. The van der Waals surface area contributed by atoms with E-state index in [1.807, 2.05) is 0 Å². The molecule has 23 heavy (non-hydrogen) atoms. The van der Waals surface area contributed by atoms with Crippen LogP contribution in [0.4, 0.5) is 0 Å². The van der Waals surface area contributed by atoms with E-state index in [4.69, 9.17) is 14.6 Å². The Hall–Kier alpha value is -3.02. The predicted molar refractivity (Wildman–Crippen MR) is 83.7 cm³/mol. The van der Waals surface area contributed by atoms with Gasteiger partial charge in [0.1, 0.15) is 11.5 Å². The van der Waals surface area contributed by atoms with E-state index >= 15 is 0 Å². The number of carbonyl (C=O) groups is 2. The largest absolute Gasteiger partial charge is 0.497 e. The van der Waals surface area contributed by atoms with E-state index in [0.717, 1.165) is 5.56 Å². The fourth-order valence-corrected chi connectivity index (χ4v) is 1.86. The highest BCUT2D eigenvalue weighted by molar-refractivity contribution is 5.87. The Labute approximate surface area is 133 Å². The number of carboxylic acid groups (broad SMARTS) is 1. The van der Waals surface area contributed by atoms with Crippen molar-refractivity contribution in [2.45, 2.75) is 6.54 Å². The Morgan fingerprint density at radius 3 is 2.43 bits per heavy atom. The minimum absolute atomic E-state index is 0.111. The molecule has 2 aromatic carbocycles. The molecule has 0 heterocycles. The maximum Gasteiger partial charge on any atom is 0.335 e. The van der Waals surface area contributed by atoms with Gasteiger partial charge in [0.05, 0.1) is 12.7 Å². The van der Waals surface area contributed by atoms with E-state index in [9.17, 15) is 9.59 Å². The normalized spacial score (nSPS) is 9.96. The smallest absolute Gasteiger partial charge is 0.335 e. The summed E-state index contributed by atoms with van der Waals surface area (Å²) < 4.78 is 10.5. The zero-order chi connectivity index (χ0) is 16.7. The molecule has 1 amide bonds. The fraction of sp³-hybridized carbons (Fsp3) is 0.176. The maximum atomic E-state index is 11.8. The van der Waals surface area contributed by atoms with E-state index in [1.165, 1.54) is 12.1 Å². The highest BCUT2D eigenvalue weighted by Crippen LogP contribution is 2.18. The lowest BCUT2D eigenvalue weighted by Gasteiger charge is -2.08. The molecule has 0 bridgehead atoms. The van der Waals surface area contributed by atoms with Crippen LogP contribution in [-0.4, -0.2) is 30.7 Å². The molecule has 0 atom stereocenters. The topological polar surface area (TPSA) is 84.9 Å². The Kier molecular flexibility index (Phi) is 5.57. The molecule has 120 valence electrons. The first-order valence-electron chi connectivity index (χ1n) is 6.94. The van der Waals surface area contributed by atoms with Crippen molar-refractivity contribution in [3.8, 4) is 11.5 Å². The van der Waals surface area contributed by atoms with Crippen LogP contribution in [0.2, 0.25) is 0 Å². The van der Waals surface area contributed by atoms with E-state index in [-0.39, 0.29) is 18.1 Å². The number of carboxylic acids is 1. The van der Waals surface area contributed by atoms with Gasteiger partial charge in [-0.1, -0.05) is 18.2 Å². The third kappa shape index (κ3) is 5.03. The number of aromatic carboxylic acids is 1. The lowest BCUT2D eigenvalue weighted by Crippen LogP contribution is -2.28. The molecular weight excluding hydrogens is 298 g/mol. The Morgan fingerprint density at radius 1 is 1.09 bits per heavy atom. The number of ether oxygens (including phenoxy) is 2. The molecule has 0 saturated carbocycles. The molecule has 6 heteroatoms. The summed E-state index contributed by atoms with van der Waals surface area (Å²) in [5.41, 5.74) is 1.02. The summed E-state index contributed by atoms with van der Waals surface area (Å²) in [6.45, 7) is 0.195. The minimum Gasteiger partial charge on any atom is -0.497 e. The van der Waals surface area contributed by atoms with Crippen LogP contribution < -0.4 is 14.8 Å². The van der Waals surface area contributed by atoms with Crippen molar-refractivity contribution in [1.82, 2.24) is 5.32 Å². The average molecular weight is 315 g/mol.